The van der Waals surface area contributed by atoms with Gasteiger partial charge in [0.2, 0.25) is 0 Å². The number of nitrogens with zero attached hydrogens (tertiary/aromatic N) is 2. The van der Waals surface area contributed by atoms with Crippen molar-refractivity contribution in [2.24, 2.45) is 18.9 Å². The van der Waals surface area contributed by atoms with Gasteiger partial charge in [0.15, 0.2) is 0 Å². The van der Waals surface area contributed by atoms with Crippen LogP contribution in [0, 0.1) is 11.8 Å². The number of rotatable bonds is 6. The van der Waals surface area contributed by atoms with Crippen LogP contribution >= 0.6 is 0 Å². The first-order valence-electron chi connectivity index (χ1n) is 7.98. The van der Waals surface area contributed by atoms with E-state index in [1.807, 2.05) is 11.7 Å². The van der Waals surface area contributed by atoms with E-state index in [1.165, 1.54) is 44.1 Å². The predicted octanol–water partition coefficient (Wildman–Crippen LogP) is 3.68. The largest absolute Gasteiger partial charge is 0.310 e. The number of aromatic nitrogens is 2. The van der Waals surface area contributed by atoms with Crippen molar-refractivity contribution in [3.63, 3.8) is 0 Å². The van der Waals surface area contributed by atoms with E-state index >= 15 is 0 Å². The van der Waals surface area contributed by atoms with Gasteiger partial charge in [-0.3, -0.25) is 4.68 Å². The quantitative estimate of drug-likeness (QED) is 0.848. The highest BCUT2D eigenvalue weighted by atomic mass is 15.2. The van der Waals surface area contributed by atoms with E-state index < -0.39 is 0 Å². The van der Waals surface area contributed by atoms with Crippen molar-refractivity contribution in [3.8, 4) is 0 Å². The third-order valence-corrected chi connectivity index (χ3v) is 4.62. The zero-order valence-corrected chi connectivity index (χ0v) is 12.7. The van der Waals surface area contributed by atoms with Crippen LogP contribution in [0.2, 0.25) is 0 Å². The molecule has 0 bridgehead atoms. The molecule has 0 aliphatic heterocycles. The molecule has 1 heterocycles. The molecule has 1 saturated carbocycles. The Kier molecular flexibility index (Phi) is 5.44. The van der Waals surface area contributed by atoms with Gasteiger partial charge < -0.3 is 5.32 Å². The second kappa shape index (κ2) is 7.09. The minimum atomic E-state index is 0.499. The molecule has 0 saturated heterocycles. The summed E-state index contributed by atoms with van der Waals surface area (Å²) in [5.74, 6) is 1.66. The molecule has 3 atom stereocenters. The van der Waals surface area contributed by atoms with E-state index in [-0.39, 0.29) is 0 Å². The highest BCUT2D eigenvalue weighted by molar-refractivity contribution is 5.12. The molecule has 0 radical (unpaired) electrons. The zero-order valence-electron chi connectivity index (χ0n) is 12.7. The summed E-state index contributed by atoms with van der Waals surface area (Å²) in [5, 5.41) is 8.15. The molecule has 0 aromatic carbocycles. The van der Waals surface area contributed by atoms with E-state index in [9.17, 15) is 0 Å². The Morgan fingerprint density at radius 3 is 2.79 bits per heavy atom. The smallest absolute Gasteiger partial charge is 0.0537 e. The third kappa shape index (κ3) is 3.59. The van der Waals surface area contributed by atoms with Crippen LogP contribution in [0.4, 0.5) is 0 Å². The van der Waals surface area contributed by atoms with Crippen molar-refractivity contribution in [3.05, 3.63) is 18.0 Å². The maximum absolute atomic E-state index is 4.37. The van der Waals surface area contributed by atoms with Gasteiger partial charge in [0.1, 0.15) is 0 Å². The van der Waals surface area contributed by atoms with Gasteiger partial charge in [0.25, 0.3) is 0 Å². The van der Waals surface area contributed by atoms with Crippen molar-refractivity contribution >= 4 is 0 Å². The number of hydrogen-bond acceptors (Lipinski definition) is 2. The first kappa shape index (κ1) is 14.6. The van der Waals surface area contributed by atoms with Crippen LogP contribution in [0.25, 0.3) is 0 Å². The van der Waals surface area contributed by atoms with Crippen LogP contribution in [0.15, 0.2) is 12.4 Å². The lowest BCUT2D eigenvalue weighted by Crippen LogP contribution is -2.34. The summed E-state index contributed by atoms with van der Waals surface area (Å²) in [6.45, 7) is 5.70. The van der Waals surface area contributed by atoms with E-state index in [4.69, 9.17) is 0 Å². The molecule has 2 rings (SSSR count). The minimum Gasteiger partial charge on any atom is -0.310 e. The summed E-state index contributed by atoms with van der Waals surface area (Å²) >= 11 is 0. The maximum atomic E-state index is 4.37. The van der Waals surface area contributed by atoms with Crippen molar-refractivity contribution in [1.29, 1.82) is 0 Å². The normalized spacial score (nSPS) is 25.4. The fraction of sp³-hybridized carbons (Fsp3) is 0.812. The summed E-state index contributed by atoms with van der Waals surface area (Å²) < 4.78 is 1.93. The molecule has 1 aromatic heterocycles. The summed E-state index contributed by atoms with van der Waals surface area (Å²) in [7, 11) is 2.01. The molecule has 3 nitrogen and oxygen atoms in total. The molecular formula is C16H29N3. The molecule has 1 aliphatic carbocycles. The molecule has 1 fully saturated rings. The minimum absolute atomic E-state index is 0.499. The van der Waals surface area contributed by atoms with Crippen molar-refractivity contribution in [1.82, 2.24) is 15.1 Å². The summed E-state index contributed by atoms with van der Waals surface area (Å²) in [4.78, 5) is 0. The molecule has 3 heteroatoms. The Labute approximate surface area is 117 Å². The standard InChI is InChI=1S/C16H29N3/c1-4-10-17-16(14-11-18-19(3)12-14)15-9-7-6-8-13(15)5-2/h11-13,15-17H,4-10H2,1-3H3. The first-order chi connectivity index (χ1) is 9.26. The van der Waals surface area contributed by atoms with E-state index in [1.54, 1.807) is 0 Å². The van der Waals surface area contributed by atoms with E-state index in [0.717, 1.165) is 18.4 Å². The number of hydrogen-bond donors (Lipinski definition) is 1. The van der Waals surface area contributed by atoms with Gasteiger partial charge in [-0.05, 0) is 31.2 Å². The van der Waals surface area contributed by atoms with E-state index in [2.05, 4.69) is 36.7 Å². The third-order valence-electron chi connectivity index (χ3n) is 4.62. The SMILES string of the molecule is CCCNC(c1cnn(C)c1)C1CCCCC1CC. The molecule has 0 spiro atoms. The molecular weight excluding hydrogens is 234 g/mol. The van der Waals surface area contributed by atoms with Gasteiger partial charge in [-0.15, -0.1) is 0 Å². The zero-order chi connectivity index (χ0) is 13.7. The first-order valence-corrected chi connectivity index (χ1v) is 7.98. The average molecular weight is 263 g/mol. The molecule has 1 N–H and O–H groups in total. The van der Waals surface area contributed by atoms with Gasteiger partial charge in [-0.1, -0.05) is 39.5 Å². The second-order valence-electron chi connectivity index (χ2n) is 6.00. The lowest BCUT2D eigenvalue weighted by Gasteiger charge is -2.37. The van der Waals surface area contributed by atoms with Crippen LogP contribution in [0.3, 0.4) is 0 Å². The fourth-order valence-corrected chi connectivity index (χ4v) is 3.60. The Morgan fingerprint density at radius 1 is 1.37 bits per heavy atom. The monoisotopic (exact) mass is 263 g/mol. The second-order valence-corrected chi connectivity index (χ2v) is 6.00. The average Bonchev–Trinajstić information content (AvgIpc) is 2.86. The summed E-state index contributed by atoms with van der Waals surface area (Å²) in [6.07, 6.45) is 12.3. The van der Waals surface area contributed by atoms with E-state index in [0.29, 0.717) is 6.04 Å². The van der Waals surface area contributed by atoms with Crippen molar-refractivity contribution in [2.75, 3.05) is 6.54 Å². The van der Waals surface area contributed by atoms with Crippen LogP contribution in [-0.2, 0) is 7.05 Å². The Bertz CT molecular complexity index is 372. The Hall–Kier alpha value is -0.830. The summed E-state index contributed by atoms with van der Waals surface area (Å²) in [6, 6.07) is 0.499. The van der Waals surface area contributed by atoms with Gasteiger partial charge in [-0.2, -0.15) is 5.10 Å². The predicted molar refractivity (Wildman–Crippen MR) is 80.0 cm³/mol. The topological polar surface area (TPSA) is 29.9 Å². The molecule has 108 valence electrons. The number of nitrogens with one attached hydrogen (secondary N) is 1. The summed E-state index contributed by atoms with van der Waals surface area (Å²) in [5.41, 5.74) is 1.38. The Morgan fingerprint density at radius 2 is 2.16 bits per heavy atom. The number of aryl methyl sites for hydroxylation is 1. The molecule has 1 aliphatic rings. The van der Waals surface area contributed by atoms with Gasteiger partial charge >= 0.3 is 0 Å². The van der Waals surface area contributed by atoms with Crippen LogP contribution in [-0.4, -0.2) is 16.3 Å². The van der Waals surface area contributed by atoms with Crippen molar-refractivity contribution in [2.45, 2.75) is 58.4 Å². The maximum Gasteiger partial charge on any atom is 0.0537 e. The highest BCUT2D eigenvalue weighted by Gasteiger charge is 2.31. The van der Waals surface area contributed by atoms with Gasteiger partial charge in [0.05, 0.1) is 6.20 Å². The Balaban J connectivity index is 2.15. The highest BCUT2D eigenvalue weighted by Crippen LogP contribution is 2.40. The molecule has 0 amide bonds. The molecule has 3 unspecified atom stereocenters. The van der Waals surface area contributed by atoms with Gasteiger partial charge in [0, 0.05) is 24.8 Å². The lowest BCUT2D eigenvalue weighted by atomic mass is 9.72. The van der Waals surface area contributed by atoms with Crippen LogP contribution < -0.4 is 5.32 Å². The van der Waals surface area contributed by atoms with Crippen LogP contribution in [0.1, 0.15) is 64.0 Å². The van der Waals surface area contributed by atoms with Crippen molar-refractivity contribution < 1.29 is 0 Å². The van der Waals surface area contributed by atoms with Gasteiger partial charge in [-0.25, -0.2) is 0 Å². The molecule has 1 aromatic rings. The van der Waals surface area contributed by atoms with Crippen LogP contribution in [0.5, 0.6) is 0 Å². The molecule has 19 heavy (non-hydrogen) atoms. The lowest BCUT2D eigenvalue weighted by molar-refractivity contribution is 0.175. The fourth-order valence-electron chi connectivity index (χ4n) is 3.60.